The molecule has 70 valence electrons. The summed E-state index contributed by atoms with van der Waals surface area (Å²) in [6, 6.07) is 2.80. The largest absolute Gasteiger partial charge is 0.293 e. The first kappa shape index (κ1) is 10.5. The predicted octanol–water partition coefficient (Wildman–Crippen LogP) is 3.21. The van der Waals surface area contributed by atoms with Crippen LogP contribution in [0.4, 0.5) is 4.39 Å². The van der Waals surface area contributed by atoms with Gasteiger partial charge in [0.2, 0.25) is 0 Å². The van der Waals surface area contributed by atoms with Crippen molar-refractivity contribution in [2.24, 2.45) is 0 Å². The first-order chi connectivity index (χ1) is 6.06. The summed E-state index contributed by atoms with van der Waals surface area (Å²) in [5, 5.41) is -0.156. The lowest BCUT2D eigenvalue weighted by atomic mass is 10.1. The Morgan fingerprint density at radius 2 is 2.15 bits per heavy atom. The maximum absolute atomic E-state index is 13.0. The first-order valence-electron chi connectivity index (χ1n) is 3.61. The zero-order valence-corrected chi connectivity index (χ0v) is 8.42. The SMILES string of the molecule is Cc1cc(F)c(Cl)c(C(=O)CCl)c1. The summed E-state index contributed by atoms with van der Waals surface area (Å²) in [5.41, 5.74) is 0.796. The van der Waals surface area contributed by atoms with Crippen molar-refractivity contribution in [2.75, 3.05) is 5.88 Å². The highest BCUT2D eigenvalue weighted by Crippen LogP contribution is 2.22. The standard InChI is InChI=1S/C9H7Cl2FO/c1-5-2-6(8(13)4-10)9(11)7(12)3-5/h2-3H,4H2,1H3. The van der Waals surface area contributed by atoms with Crippen LogP contribution < -0.4 is 0 Å². The van der Waals surface area contributed by atoms with Gasteiger partial charge in [-0.05, 0) is 24.6 Å². The Hall–Kier alpha value is -0.600. The van der Waals surface area contributed by atoms with Crippen LogP contribution in [0.3, 0.4) is 0 Å². The highest BCUT2D eigenvalue weighted by molar-refractivity contribution is 6.37. The van der Waals surface area contributed by atoms with Gasteiger partial charge in [-0.1, -0.05) is 11.6 Å². The summed E-state index contributed by atoms with van der Waals surface area (Å²) in [7, 11) is 0. The van der Waals surface area contributed by atoms with E-state index in [1.165, 1.54) is 12.1 Å². The smallest absolute Gasteiger partial charge is 0.179 e. The van der Waals surface area contributed by atoms with Crippen molar-refractivity contribution in [2.45, 2.75) is 6.92 Å². The minimum absolute atomic E-state index is 0.147. The van der Waals surface area contributed by atoms with Crippen molar-refractivity contribution in [1.82, 2.24) is 0 Å². The molecule has 0 N–H and O–H groups in total. The van der Waals surface area contributed by atoms with Crippen molar-refractivity contribution in [1.29, 1.82) is 0 Å². The minimum atomic E-state index is -0.588. The number of ketones is 1. The second-order valence-corrected chi connectivity index (χ2v) is 3.31. The first-order valence-corrected chi connectivity index (χ1v) is 4.52. The van der Waals surface area contributed by atoms with Crippen molar-refractivity contribution < 1.29 is 9.18 Å². The van der Waals surface area contributed by atoms with Crippen molar-refractivity contribution in [3.05, 3.63) is 34.1 Å². The van der Waals surface area contributed by atoms with Gasteiger partial charge in [0.25, 0.3) is 0 Å². The average molecular weight is 221 g/mol. The van der Waals surface area contributed by atoms with Crippen LogP contribution >= 0.6 is 23.2 Å². The molecule has 0 saturated carbocycles. The molecule has 0 spiro atoms. The Morgan fingerprint density at radius 1 is 1.54 bits per heavy atom. The second-order valence-electron chi connectivity index (χ2n) is 2.67. The highest BCUT2D eigenvalue weighted by Gasteiger charge is 2.13. The van der Waals surface area contributed by atoms with Crippen LogP contribution in [0.2, 0.25) is 5.02 Å². The zero-order valence-electron chi connectivity index (χ0n) is 6.90. The quantitative estimate of drug-likeness (QED) is 0.553. The molecule has 0 aliphatic carbocycles. The lowest BCUT2D eigenvalue weighted by molar-refractivity contribution is 0.102. The molecule has 0 unspecified atom stereocenters. The summed E-state index contributed by atoms with van der Waals surface area (Å²) >= 11 is 10.9. The van der Waals surface area contributed by atoms with E-state index in [-0.39, 0.29) is 22.2 Å². The number of rotatable bonds is 2. The third-order valence-corrected chi connectivity index (χ3v) is 2.22. The number of aryl methyl sites for hydroxylation is 1. The van der Waals surface area contributed by atoms with Crippen molar-refractivity contribution in [3.8, 4) is 0 Å². The lowest BCUT2D eigenvalue weighted by Crippen LogP contribution is -2.03. The van der Waals surface area contributed by atoms with Crippen LogP contribution in [-0.4, -0.2) is 11.7 Å². The van der Waals surface area contributed by atoms with E-state index >= 15 is 0 Å². The highest BCUT2D eigenvalue weighted by atomic mass is 35.5. The van der Waals surface area contributed by atoms with E-state index in [0.717, 1.165) is 0 Å². The van der Waals surface area contributed by atoms with Gasteiger partial charge in [0.15, 0.2) is 5.78 Å². The minimum Gasteiger partial charge on any atom is -0.293 e. The molecule has 0 heterocycles. The Morgan fingerprint density at radius 3 is 2.69 bits per heavy atom. The molecule has 0 radical (unpaired) electrons. The molecule has 13 heavy (non-hydrogen) atoms. The van der Waals surface area contributed by atoms with Crippen LogP contribution in [0.25, 0.3) is 0 Å². The zero-order chi connectivity index (χ0) is 10.0. The topological polar surface area (TPSA) is 17.1 Å². The van der Waals surface area contributed by atoms with Gasteiger partial charge in [0.1, 0.15) is 5.82 Å². The number of carbonyl (C=O) groups excluding carboxylic acids is 1. The summed E-state index contributed by atoms with van der Waals surface area (Å²) in [6.07, 6.45) is 0. The number of hydrogen-bond donors (Lipinski definition) is 0. The molecule has 1 aromatic carbocycles. The molecule has 1 aromatic rings. The van der Waals surface area contributed by atoms with Gasteiger partial charge in [-0.25, -0.2) is 4.39 Å². The van der Waals surface area contributed by atoms with Gasteiger partial charge in [-0.3, -0.25) is 4.79 Å². The monoisotopic (exact) mass is 220 g/mol. The van der Waals surface area contributed by atoms with Gasteiger partial charge in [-0.15, -0.1) is 11.6 Å². The van der Waals surface area contributed by atoms with Gasteiger partial charge < -0.3 is 0 Å². The second kappa shape index (κ2) is 4.07. The Bertz CT molecular complexity index is 350. The number of carbonyl (C=O) groups is 1. The number of benzene rings is 1. The van der Waals surface area contributed by atoms with Crippen LogP contribution in [-0.2, 0) is 0 Å². The van der Waals surface area contributed by atoms with Crippen LogP contribution in [0.5, 0.6) is 0 Å². The third-order valence-electron chi connectivity index (χ3n) is 1.59. The van der Waals surface area contributed by atoms with Gasteiger partial charge in [-0.2, -0.15) is 0 Å². The molecule has 0 saturated heterocycles. The molecule has 0 fully saturated rings. The van der Waals surface area contributed by atoms with Crippen LogP contribution in [0, 0.1) is 12.7 Å². The summed E-state index contributed by atoms with van der Waals surface area (Å²) in [5.74, 6) is -1.15. The molecule has 4 heteroatoms. The normalized spacial score (nSPS) is 10.2. The Labute approximate surface area is 85.5 Å². The van der Waals surface area contributed by atoms with Crippen LogP contribution in [0.1, 0.15) is 15.9 Å². The van der Waals surface area contributed by atoms with Gasteiger partial charge >= 0.3 is 0 Å². The van der Waals surface area contributed by atoms with Gasteiger partial charge in [0.05, 0.1) is 10.9 Å². The van der Waals surface area contributed by atoms with E-state index in [1.807, 2.05) is 0 Å². The Balaban J connectivity index is 3.28. The average Bonchev–Trinajstić information content (AvgIpc) is 2.10. The number of Topliss-reactive ketones (excluding diaryl/α,β-unsaturated/α-hetero) is 1. The molecule has 0 aliphatic rings. The fourth-order valence-electron chi connectivity index (χ4n) is 0.999. The fourth-order valence-corrected chi connectivity index (χ4v) is 1.36. The summed E-state index contributed by atoms with van der Waals surface area (Å²) in [4.78, 5) is 11.2. The molecule has 1 nitrogen and oxygen atoms in total. The number of hydrogen-bond acceptors (Lipinski definition) is 1. The molecule has 0 amide bonds. The third kappa shape index (κ3) is 2.20. The van der Waals surface area contributed by atoms with E-state index < -0.39 is 5.82 Å². The fraction of sp³-hybridized carbons (Fsp3) is 0.222. The summed E-state index contributed by atoms with van der Waals surface area (Å²) in [6.45, 7) is 1.68. The van der Waals surface area contributed by atoms with E-state index in [1.54, 1.807) is 6.92 Å². The number of halogens is 3. The molecule has 1 rings (SSSR count). The van der Waals surface area contributed by atoms with Crippen molar-refractivity contribution in [3.63, 3.8) is 0 Å². The van der Waals surface area contributed by atoms with Crippen LogP contribution in [0.15, 0.2) is 12.1 Å². The van der Waals surface area contributed by atoms with E-state index in [4.69, 9.17) is 23.2 Å². The molecule has 0 aliphatic heterocycles. The molecular weight excluding hydrogens is 214 g/mol. The maximum atomic E-state index is 13.0. The van der Waals surface area contributed by atoms with E-state index in [0.29, 0.717) is 5.56 Å². The predicted molar refractivity (Wildman–Crippen MR) is 51.2 cm³/mol. The van der Waals surface area contributed by atoms with Gasteiger partial charge in [0, 0.05) is 5.56 Å². The summed E-state index contributed by atoms with van der Waals surface area (Å²) < 4.78 is 13.0. The van der Waals surface area contributed by atoms with E-state index in [9.17, 15) is 9.18 Å². The lowest BCUT2D eigenvalue weighted by Gasteiger charge is -2.03. The Kier molecular flexibility index (Phi) is 3.28. The molecular formula is C9H7Cl2FO. The van der Waals surface area contributed by atoms with Crippen molar-refractivity contribution >= 4 is 29.0 Å². The maximum Gasteiger partial charge on any atom is 0.179 e. The van der Waals surface area contributed by atoms with E-state index in [2.05, 4.69) is 0 Å². The molecule has 0 aromatic heterocycles. The molecule has 0 atom stereocenters. The molecule has 0 bridgehead atoms. The number of alkyl halides is 1.